The Balaban J connectivity index is 1.45. The number of aryl methyl sites for hydroxylation is 1. The van der Waals surface area contributed by atoms with E-state index < -0.39 is 36.9 Å². The lowest BCUT2D eigenvalue weighted by atomic mass is 9.56. The van der Waals surface area contributed by atoms with Crippen molar-refractivity contribution in [1.82, 2.24) is 0 Å². The van der Waals surface area contributed by atoms with Crippen LogP contribution in [0.5, 0.6) is 11.5 Å². The van der Waals surface area contributed by atoms with Crippen molar-refractivity contribution in [1.29, 1.82) is 0 Å². The number of primary sulfonamides is 1. The lowest BCUT2D eigenvalue weighted by Gasteiger charge is -2.50. The van der Waals surface area contributed by atoms with Crippen LogP contribution in [0.2, 0.25) is 0 Å². The summed E-state index contributed by atoms with van der Waals surface area (Å²) in [6.07, 6.45) is 2.37. The Morgan fingerprint density at radius 2 is 1.85 bits per heavy atom. The van der Waals surface area contributed by atoms with Crippen molar-refractivity contribution in [2.75, 3.05) is 0 Å². The van der Waals surface area contributed by atoms with Gasteiger partial charge in [0.15, 0.2) is 0 Å². The number of aromatic hydroxyl groups is 1. The first kappa shape index (κ1) is 23.6. The van der Waals surface area contributed by atoms with Gasteiger partial charge in [-0.25, -0.2) is 13.6 Å². The van der Waals surface area contributed by atoms with Gasteiger partial charge in [0.25, 0.3) is 0 Å². The summed E-state index contributed by atoms with van der Waals surface area (Å²) in [6.45, 7) is 1.93. The van der Waals surface area contributed by atoms with Crippen molar-refractivity contribution in [2.24, 2.45) is 22.4 Å². The topological polar surface area (TPSA) is 144 Å². The first-order chi connectivity index (χ1) is 15.9. The largest absolute Gasteiger partial charge is 0.508 e. The second-order valence-corrected chi connectivity index (χ2v) is 13.4. The van der Waals surface area contributed by atoms with Crippen molar-refractivity contribution in [3.8, 4) is 11.5 Å². The summed E-state index contributed by atoms with van der Waals surface area (Å²) in [6, 6.07) is 10.6. The van der Waals surface area contributed by atoms with Crippen molar-refractivity contribution in [3.05, 3.63) is 53.6 Å². The Labute approximate surface area is 199 Å². The zero-order chi connectivity index (χ0) is 24.5. The number of aliphatic hydroxyl groups is 1. The SMILES string of the molecule is C[C@]12CCC3c4ccc(O)cc4CCC3C1C[C@@H](O)[C@@H]2S(=O)(=O)Oc1cccc(S(N)(=O)=O)c1. The molecule has 5 rings (SSSR count). The van der Waals surface area contributed by atoms with Crippen LogP contribution in [-0.4, -0.2) is 38.4 Å². The van der Waals surface area contributed by atoms with Gasteiger partial charge in [-0.3, -0.25) is 0 Å². The average molecular weight is 508 g/mol. The minimum atomic E-state index is -4.28. The highest BCUT2D eigenvalue weighted by Crippen LogP contribution is 2.62. The van der Waals surface area contributed by atoms with Crippen LogP contribution in [-0.2, 0) is 26.6 Å². The summed E-state index contributed by atoms with van der Waals surface area (Å²) in [7, 11) is -8.30. The number of hydrogen-bond acceptors (Lipinski definition) is 7. The number of nitrogens with two attached hydrogens (primary N) is 1. The number of benzene rings is 2. The van der Waals surface area contributed by atoms with Crippen molar-refractivity contribution >= 4 is 20.1 Å². The normalized spacial score (nSPS) is 33.0. The lowest BCUT2D eigenvalue weighted by molar-refractivity contribution is 0.0603. The van der Waals surface area contributed by atoms with Gasteiger partial charge in [0.1, 0.15) is 16.7 Å². The Kier molecular flexibility index (Phi) is 5.51. The summed E-state index contributed by atoms with van der Waals surface area (Å²) in [4.78, 5) is -0.247. The molecule has 0 spiro atoms. The minimum Gasteiger partial charge on any atom is -0.508 e. The molecule has 0 aliphatic heterocycles. The third-order valence-corrected chi connectivity index (χ3v) is 11.1. The molecule has 3 aliphatic carbocycles. The number of rotatable bonds is 4. The molecule has 2 fully saturated rings. The summed E-state index contributed by atoms with van der Waals surface area (Å²) in [5.74, 6) is 0.608. The fourth-order valence-electron chi connectivity index (χ4n) is 6.95. The van der Waals surface area contributed by atoms with E-state index in [1.165, 1.54) is 23.8 Å². The van der Waals surface area contributed by atoms with Crippen LogP contribution in [0.3, 0.4) is 0 Å². The van der Waals surface area contributed by atoms with E-state index in [0.717, 1.165) is 30.9 Å². The van der Waals surface area contributed by atoms with Gasteiger partial charge in [-0.2, -0.15) is 8.42 Å². The molecule has 0 heterocycles. The Morgan fingerprint density at radius 1 is 1.09 bits per heavy atom. The second kappa shape index (κ2) is 7.94. The number of fused-ring (bicyclic) bond motifs is 5. The number of phenolic OH excluding ortho intramolecular Hbond substituents is 1. The van der Waals surface area contributed by atoms with Gasteiger partial charge in [-0.05, 0) is 90.7 Å². The van der Waals surface area contributed by atoms with E-state index >= 15 is 0 Å². The van der Waals surface area contributed by atoms with E-state index in [4.69, 9.17) is 9.32 Å². The molecule has 34 heavy (non-hydrogen) atoms. The van der Waals surface area contributed by atoms with Crippen molar-refractivity contribution in [3.63, 3.8) is 0 Å². The molecule has 4 N–H and O–H groups in total. The molecule has 0 saturated heterocycles. The first-order valence-electron chi connectivity index (χ1n) is 11.5. The Bertz CT molecular complexity index is 1340. The van der Waals surface area contributed by atoms with E-state index in [2.05, 4.69) is 0 Å². The highest BCUT2D eigenvalue weighted by atomic mass is 32.2. The lowest BCUT2D eigenvalue weighted by Crippen LogP contribution is -2.49. The van der Waals surface area contributed by atoms with Gasteiger partial charge in [0.05, 0.1) is 11.0 Å². The first-order valence-corrected chi connectivity index (χ1v) is 14.5. The van der Waals surface area contributed by atoms with Crippen LogP contribution in [0, 0.1) is 17.3 Å². The minimum absolute atomic E-state index is 0.00216. The summed E-state index contributed by atoms with van der Waals surface area (Å²) in [5, 5.41) is 24.9. The maximum atomic E-state index is 13.4. The second-order valence-electron chi connectivity index (χ2n) is 10.2. The molecule has 10 heteroatoms. The molecular formula is C24H29NO7S2. The molecule has 0 bridgehead atoms. The third kappa shape index (κ3) is 3.80. The Morgan fingerprint density at radius 3 is 2.59 bits per heavy atom. The fourth-order valence-corrected chi connectivity index (χ4v) is 9.42. The van der Waals surface area contributed by atoms with Crippen LogP contribution in [0.25, 0.3) is 0 Å². The number of phenols is 1. The van der Waals surface area contributed by atoms with Gasteiger partial charge >= 0.3 is 10.1 Å². The number of sulfonamides is 1. The van der Waals surface area contributed by atoms with Crippen molar-refractivity contribution < 1.29 is 31.2 Å². The molecule has 8 nitrogen and oxygen atoms in total. The molecule has 2 aromatic rings. The number of hydrogen-bond donors (Lipinski definition) is 3. The molecule has 0 radical (unpaired) electrons. The van der Waals surface area contributed by atoms with Crippen LogP contribution in [0.4, 0.5) is 0 Å². The smallest absolute Gasteiger partial charge is 0.315 e. The zero-order valence-electron chi connectivity index (χ0n) is 18.8. The average Bonchev–Trinajstić information content (AvgIpc) is 3.03. The van der Waals surface area contributed by atoms with Crippen LogP contribution in [0.15, 0.2) is 47.4 Å². The predicted octanol–water partition coefficient (Wildman–Crippen LogP) is 2.64. The third-order valence-electron chi connectivity index (χ3n) is 8.30. The monoisotopic (exact) mass is 507 g/mol. The molecule has 0 amide bonds. The molecule has 3 unspecified atom stereocenters. The van der Waals surface area contributed by atoms with E-state index in [9.17, 15) is 27.0 Å². The van der Waals surface area contributed by atoms with Gasteiger partial charge in [0.2, 0.25) is 10.0 Å². The molecule has 2 aromatic carbocycles. The number of aliphatic hydroxyl groups excluding tert-OH is 1. The van der Waals surface area contributed by atoms with Crippen LogP contribution in [0.1, 0.15) is 49.7 Å². The predicted molar refractivity (Wildman–Crippen MR) is 125 cm³/mol. The van der Waals surface area contributed by atoms with Crippen LogP contribution >= 0.6 is 0 Å². The molecule has 6 atom stereocenters. The summed E-state index contributed by atoms with van der Waals surface area (Å²) >= 11 is 0. The summed E-state index contributed by atoms with van der Waals surface area (Å²) < 4.78 is 55.6. The highest BCUT2D eigenvalue weighted by molar-refractivity contribution is 7.89. The van der Waals surface area contributed by atoms with Gasteiger partial charge in [0, 0.05) is 6.07 Å². The molecule has 3 aliphatic rings. The van der Waals surface area contributed by atoms with Crippen molar-refractivity contribution in [2.45, 2.75) is 61.2 Å². The van der Waals surface area contributed by atoms with Gasteiger partial charge < -0.3 is 14.4 Å². The molecular weight excluding hydrogens is 478 g/mol. The van der Waals surface area contributed by atoms with Gasteiger partial charge in [-0.15, -0.1) is 0 Å². The molecule has 184 valence electrons. The van der Waals surface area contributed by atoms with Gasteiger partial charge in [-0.1, -0.05) is 19.1 Å². The molecule has 0 aromatic heterocycles. The van der Waals surface area contributed by atoms with Crippen LogP contribution < -0.4 is 9.32 Å². The van der Waals surface area contributed by atoms with E-state index in [1.54, 1.807) is 6.07 Å². The molecule has 2 saturated carbocycles. The van der Waals surface area contributed by atoms with E-state index in [1.807, 2.05) is 19.1 Å². The quantitative estimate of drug-likeness (QED) is 0.540. The highest BCUT2D eigenvalue weighted by Gasteiger charge is 2.62. The van der Waals surface area contributed by atoms with E-state index in [0.29, 0.717) is 12.8 Å². The standard InChI is InChI=1S/C24H29NO7S2/c1-24-10-9-19-18-8-6-15(26)11-14(18)5-7-20(19)21(24)13-22(27)23(24)34(30,31)32-16-3-2-4-17(12-16)33(25,28)29/h2-4,6,8,11-12,19-23,26-27H,5,7,9-10,13H2,1H3,(H2,25,28,29)/t19?,20?,21?,22-,23+,24+/m1/s1. The van der Waals surface area contributed by atoms with E-state index in [-0.39, 0.29) is 34.1 Å². The maximum Gasteiger partial charge on any atom is 0.315 e. The Hall–Kier alpha value is -2.14. The fraction of sp³-hybridized carbons (Fsp3) is 0.500. The maximum absolute atomic E-state index is 13.4. The summed E-state index contributed by atoms with van der Waals surface area (Å²) in [5.41, 5.74) is 1.68. The zero-order valence-corrected chi connectivity index (χ0v) is 20.4.